The monoisotopic (exact) mass is 455 g/mol. The highest BCUT2D eigenvalue weighted by molar-refractivity contribution is 6.03. The second-order valence-electron chi connectivity index (χ2n) is 7.61. The van der Waals surface area contributed by atoms with Crippen LogP contribution in [0.25, 0.3) is 0 Å². The number of alkyl halides is 3. The second-order valence-corrected chi connectivity index (χ2v) is 7.61. The normalized spacial score (nSPS) is 18.7. The fraction of sp³-hybridized carbons (Fsp3) is 0.227. The van der Waals surface area contributed by atoms with Crippen molar-refractivity contribution in [3.63, 3.8) is 0 Å². The van der Waals surface area contributed by atoms with Gasteiger partial charge < -0.3 is 20.1 Å². The van der Waals surface area contributed by atoms with Crippen LogP contribution < -0.4 is 20.1 Å². The van der Waals surface area contributed by atoms with E-state index in [1.807, 2.05) is 6.07 Å². The van der Waals surface area contributed by atoms with Gasteiger partial charge >= 0.3 is 6.18 Å². The van der Waals surface area contributed by atoms with Gasteiger partial charge in [-0.1, -0.05) is 6.07 Å². The van der Waals surface area contributed by atoms with Crippen LogP contribution in [0.4, 0.5) is 24.7 Å². The SMILES string of the molecule is N#Cc1ccc(NC(=O)c2cc3n(n2)[C@@H](C(F)(F)F)C[C@H](c2ccc4c(c2)OCO4)N3)cc1. The maximum Gasteiger partial charge on any atom is 0.410 e. The Hall–Kier alpha value is -4.20. The van der Waals surface area contributed by atoms with Crippen LogP contribution in [0.1, 0.15) is 40.1 Å². The number of halogens is 3. The average molecular weight is 455 g/mol. The number of benzene rings is 2. The smallest absolute Gasteiger partial charge is 0.410 e. The molecule has 2 atom stereocenters. The van der Waals surface area contributed by atoms with Gasteiger partial charge in [-0.25, -0.2) is 4.68 Å². The summed E-state index contributed by atoms with van der Waals surface area (Å²) in [5, 5.41) is 18.4. The molecule has 3 heterocycles. The summed E-state index contributed by atoms with van der Waals surface area (Å²) in [7, 11) is 0. The lowest BCUT2D eigenvalue weighted by Crippen LogP contribution is -2.35. The zero-order chi connectivity index (χ0) is 23.2. The number of fused-ring (bicyclic) bond motifs is 2. The number of carbonyl (C=O) groups excluding carboxylic acids is 1. The van der Waals surface area contributed by atoms with Crippen LogP contribution in [0.15, 0.2) is 48.5 Å². The second kappa shape index (κ2) is 7.74. The van der Waals surface area contributed by atoms with E-state index in [0.29, 0.717) is 28.3 Å². The summed E-state index contributed by atoms with van der Waals surface area (Å²) < 4.78 is 53.1. The van der Waals surface area contributed by atoms with Crippen LogP contribution in [0, 0.1) is 11.3 Å². The molecule has 2 N–H and O–H groups in total. The van der Waals surface area contributed by atoms with Gasteiger partial charge in [0.2, 0.25) is 6.79 Å². The van der Waals surface area contributed by atoms with E-state index in [9.17, 15) is 18.0 Å². The standard InChI is InChI=1S/C22H16F3N5O3/c23-22(24,25)19-8-15(13-3-6-17-18(7-13)33-11-32-17)28-20-9-16(29-30(19)20)21(31)27-14-4-1-12(10-26)2-5-14/h1-7,9,15,19,28H,8,11H2,(H,27,31)/t15-,19-/m1/s1. The molecule has 0 radical (unpaired) electrons. The highest BCUT2D eigenvalue weighted by atomic mass is 19.4. The van der Waals surface area contributed by atoms with E-state index in [0.717, 1.165) is 4.68 Å². The van der Waals surface area contributed by atoms with Crippen LogP contribution in [-0.2, 0) is 0 Å². The molecule has 0 saturated carbocycles. The summed E-state index contributed by atoms with van der Waals surface area (Å²) >= 11 is 0. The zero-order valence-electron chi connectivity index (χ0n) is 16.9. The predicted octanol–water partition coefficient (Wildman–Crippen LogP) is 4.40. The highest BCUT2D eigenvalue weighted by Gasteiger charge is 2.47. The number of nitrogens with one attached hydrogen (secondary N) is 2. The lowest BCUT2D eigenvalue weighted by molar-refractivity contribution is -0.173. The molecule has 33 heavy (non-hydrogen) atoms. The lowest BCUT2D eigenvalue weighted by atomic mass is 9.96. The summed E-state index contributed by atoms with van der Waals surface area (Å²) in [5.41, 5.74) is 1.24. The molecule has 168 valence electrons. The van der Waals surface area contributed by atoms with Gasteiger partial charge in [-0.2, -0.15) is 23.5 Å². The first-order valence-electron chi connectivity index (χ1n) is 9.95. The summed E-state index contributed by atoms with van der Waals surface area (Å²) in [4.78, 5) is 12.6. The Kier molecular flexibility index (Phi) is 4.85. The maximum absolute atomic E-state index is 13.9. The average Bonchev–Trinajstić information content (AvgIpc) is 3.44. The molecule has 0 unspecified atom stereocenters. The van der Waals surface area contributed by atoms with Gasteiger partial charge in [-0.3, -0.25) is 4.79 Å². The molecule has 2 aliphatic rings. The molecule has 8 nitrogen and oxygen atoms in total. The van der Waals surface area contributed by atoms with Gasteiger partial charge in [0.25, 0.3) is 5.91 Å². The number of hydrogen-bond donors (Lipinski definition) is 2. The van der Waals surface area contributed by atoms with Crippen molar-refractivity contribution in [3.8, 4) is 17.6 Å². The van der Waals surface area contributed by atoms with E-state index in [1.165, 1.54) is 30.3 Å². The highest BCUT2D eigenvalue weighted by Crippen LogP contribution is 2.45. The van der Waals surface area contributed by atoms with E-state index in [2.05, 4.69) is 15.7 Å². The fourth-order valence-corrected chi connectivity index (χ4v) is 3.86. The third kappa shape index (κ3) is 3.91. The Morgan fingerprint density at radius 2 is 1.91 bits per heavy atom. The van der Waals surface area contributed by atoms with E-state index in [1.54, 1.807) is 18.2 Å². The van der Waals surface area contributed by atoms with Gasteiger partial charge in [0, 0.05) is 18.2 Å². The van der Waals surface area contributed by atoms with E-state index < -0.39 is 24.2 Å². The largest absolute Gasteiger partial charge is 0.454 e. The molecular formula is C22H16F3N5O3. The number of ether oxygens (including phenoxy) is 2. The molecule has 0 saturated heterocycles. The molecule has 0 aliphatic carbocycles. The third-order valence-corrected chi connectivity index (χ3v) is 5.49. The first-order valence-corrected chi connectivity index (χ1v) is 9.95. The minimum Gasteiger partial charge on any atom is -0.454 e. The molecule has 1 amide bonds. The van der Waals surface area contributed by atoms with E-state index in [-0.39, 0.29) is 24.7 Å². The quantitative estimate of drug-likeness (QED) is 0.607. The van der Waals surface area contributed by atoms with Crippen LogP contribution in [0.3, 0.4) is 0 Å². The number of anilines is 2. The lowest BCUT2D eigenvalue weighted by Gasteiger charge is -2.33. The molecular weight excluding hydrogens is 439 g/mol. The van der Waals surface area contributed by atoms with Gasteiger partial charge in [0.15, 0.2) is 23.2 Å². The third-order valence-electron chi connectivity index (χ3n) is 5.49. The molecule has 0 spiro atoms. The topological polar surface area (TPSA) is 101 Å². The van der Waals surface area contributed by atoms with Gasteiger partial charge in [-0.05, 0) is 42.0 Å². The Morgan fingerprint density at radius 3 is 2.64 bits per heavy atom. The Labute approximate surface area is 185 Å². The number of nitriles is 1. The van der Waals surface area contributed by atoms with Crippen LogP contribution in [0.5, 0.6) is 11.5 Å². The fourth-order valence-electron chi connectivity index (χ4n) is 3.86. The first-order chi connectivity index (χ1) is 15.8. The van der Waals surface area contributed by atoms with Gasteiger partial charge in [0.1, 0.15) is 5.82 Å². The molecule has 11 heteroatoms. The number of aromatic nitrogens is 2. The van der Waals surface area contributed by atoms with Crippen LogP contribution in [-0.4, -0.2) is 28.7 Å². The van der Waals surface area contributed by atoms with Crippen molar-refractivity contribution in [2.24, 2.45) is 0 Å². The van der Waals surface area contributed by atoms with Crippen molar-refractivity contribution >= 4 is 17.4 Å². The molecule has 0 bridgehead atoms. The van der Waals surface area contributed by atoms with Crippen molar-refractivity contribution in [2.75, 3.05) is 17.4 Å². The van der Waals surface area contributed by atoms with Crippen molar-refractivity contribution in [2.45, 2.75) is 24.7 Å². The number of rotatable bonds is 3. The summed E-state index contributed by atoms with van der Waals surface area (Å²) in [5.74, 6) is 0.424. The first kappa shape index (κ1) is 20.7. The Balaban J connectivity index is 1.43. The van der Waals surface area contributed by atoms with Crippen LogP contribution >= 0.6 is 0 Å². The minimum atomic E-state index is -4.57. The van der Waals surface area contributed by atoms with Gasteiger partial charge in [0.05, 0.1) is 17.7 Å². The molecule has 5 rings (SSSR count). The minimum absolute atomic E-state index is 0.0620. The number of nitrogens with zero attached hydrogens (tertiary/aromatic N) is 3. The van der Waals surface area contributed by atoms with E-state index >= 15 is 0 Å². The number of amides is 1. The van der Waals surface area contributed by atoms with Crippen molar-refractivity contribution in [1.29, 1.82) is 5.26 Å². The van der Waals surface area contributed by atoms with Crippen LogP contribution in [0.2, 0.25) is 0 Å². The van der Waals surface area contributed by atoms with Crippen molar-refractivity contribution in [3.05, 3.63) is 65.4 Å². The van der Waals surface area contributed by atoms with Crippen molar-refractivity contribution in [1.82, 2.24) is 9.78 Å². The predicted molar refractivity (Wildman–Crippen MR) is 110 cm³/mol. The zero-order valence-corrected chi connectivity index (χ0v) is 16.9. The summed E-state index contributed by atoms with van der Waals surface area (Å²) in [6.45, 7) is 0.0620. The summed E-state index contributed by atoms with van der Waals surface area (Å²) in [6.07, 6.45) is -4.88. The molecule has 3 aromatic rings. The molecule has 1 aromatic heterocycles. The molecule has 2 aromatic carbocycles. The number of carbonyl (C=O) groups is 1. The summed E-state index contributed by atoms with van der Waals surface area (Å²) in [6, 6.07) is 11.7. The molecule has 2 aliphatic heterocycles. The van der Waals surface area contributed by atoms with Gasteiger partial charge in [-0.15, -0.1) is 0 Å². The molecule has 0 fully saturated rings. The Morgan fingerprint density at radius 1 is 1.15 bits per heavy atom. The number of hydrogen-bond acceptors (Lipinski definition) is 6. The Bertz CT molecular complexity index is 1260. The maximum atomic E-state index is 13.9. The van der Waals surface area contributed by atoms with Crippen molar-refractivity contribution < 1.29 is 27.4 Å². The van der Waals surface area contributed by atoms with E-state index in [4.69, 9.17) is 14.7 Å².